The monoisotopic (exact) mass is 503 g/mol. The highest BCUT2D eigenvalue weighted by molar-refractivity contribution is 6.04. The number of carbonyl (C=O) groups excluding carboxylic acids is 1. The van der Waals surface area contributed by atoms with Crippen LogP contribution in [0, 0.1) is 6.92 Å². The van der Waals surface area contributed by atoms with Gasteiger partial charge in [0.05, 0.1) is 22.8 Å². The fourth-order valence-corrected chi connectivity index (χ4v) is 5.12. The molecule has 190 valence electrons. The summed E-state index contributed by atoms with van der Waals surface area (Å²) in [6, 6.07) is 22.7. The lowest BCUT2D eigenvalue weighted by Gasteiger charge is -2.17. The number of hydrogen-bond donors (Lipinski definition) is 2. The smallest absolute Gasteiger partial charge is 0.336 e. The first kappa shape index (κ1) is 25.1. The molecule has 2 N–H and O–H groups in total. The summed E-state index contributed by atoms with van der Waals surface area (Å²) in [5, 5.41) is 10.2. The summed E-state index contributed by atoms with van der Waals surface area (Å²) in [5.41, 5.74) is 6.23. The minimum atomic E-state index is -1.08. The molecule has 3 aromatic carbocycles. The quantitative estimate of drug-likeness (QED) is 0.204. The molecular formula is C32H29N3O3. The number of aromatic carboxylic acids is 1. The number of aryl methyl sites for hydroxylation is 1. The number of benzene rings is 3. The van der Waals surface area contributed by atoms with E-state index in [4.69, 9.17) is 4.98 Å². The van der Waals surface area contributed by atoms with Crippen molar-refractivity contribution < 1.29 is 14.7 Å². The van der Waals surface area contributed by atoms with Crippen LogP contribution in [-0.4, -0.2) is 31.8 Å². The van der Waals surface area contributed by atoms with E-state index in [9.17, 15) is 14.7 Å². The number of pyridine rings is 1. The van der Waals surface area contributed by atoms with Crippen molar-refractivity contribution in [3.63, 3.8) is 0 Å². The molecule has 0 aliphatic heterocycles. The minimum Gasteiger partial charge on any atom is -0.478 e. The van der Waals surface area contributed by atoms with Crippen molar-refractivity contribution >= 4 is 22.8 Å². The number of rotatable bonds is 9. The largest absolute Gasteiger partial charge is 0.478 e. The number of carbonyl (C=O) groups is 2. The summed E-state index contributed by atoms with van der Waals surface area (Å²) in [6.07, 6.45) is 5.58. The molecule has 6 nitrogen and oxygen atoms in total. The molecule has 5 aromatic rings. The standard InChI is InChI=1S/C32H29N3O3/c1-3-8-22(21-10-5-4-6-11-21)18-29(36)23-13-14-24(26(17-23)32(37)38)30-20(2)9-7-12-25(30)31-34-27-15-16-33-19-28(27)35-31/h4-7,9-17,19,22H,3,8,18H2,1-2H3,(H,34,35)(H,37,38)/t22-/m0/s1. The van der Waals surface area contributed by atoms with Gasteiger partial charge >= 0.3 is 5.97 Å². The zero-order chi connectivity index (χ0) is 26.6. The average Bonchev–Trinajstić information content (AvgIpc) is 3.37. The summed E-state index contributed by atoms with van der Waals surface area (Å²) >= 11 is 0. The van der Waals surface area contributed by atoms with Crippen LogP contribution >= 0.6 is 0 Å². The Balaban J connectivity index is 1.55. The average molecular weight is 504 g/mol. The van der Waals surface area contributed by atoms with Crippen molar-refractivity contribution in [1.29, 1.82) is 0 Å². The molecule has 0 spiro atoms. The number of carboxylic acid groups (broad SMARTS) is 1. The van der Waals surface area contributed by atoms with Crippen molar-refractivity contribution in [3.8, 4) is 22.5 Å². The van der Waals surface area contributed by atoms with Gasteiger partial charge in [0.1, 0.15) is 5.82 Å². The number of aromatic amines is 1. The first-order valence-corrected chi connectivity index (χ1v) is 12.8. The van der Waals surface area contributed by atoms with Gasteiger partial charge in [0.2, 0.25) is 0 Å². The van der Waals surface area contributed by atoms with Crippen LogP contribution in [0.1, 0.15) is 63.9 Å². The lowest BCUT2D eigenvalue weighted by atomic mass is 9.86. The van der Waals surface area contributed by atoms with Crippen LogP contribution < -0.4 is 0 Å². The first-order valence-electron chi connectivity index (χ1n) is 12.8. The van der Waals surface area contributed by atoms with E-state index < -0.39 is 5.97 Å². The second kappa shape index (κ2) is 10.8. The van der Waals surface area contributed by atoms with E-state index in [2.05, 4.69) is 16.9 Å². The second-order valence-electron chi connectivity index (χ2n) is 9.56. The number of fused-ring (bicyclic) bond motifs is 1. The molecule has 38 heavy (non-hydrogen) atoms. The first-order chi connectivity index (χ1) is 18.5. The van der Waals surface area contributed by atoms with Gasteiger partial charge in [-0.1, -0.05) is 74.0 Å². The van der Waals surface area contributed by atoms with E-state index in [0.717, 1.165) is 46.1 Å². The minimum absolute atomic E-state index is 0.0591. The van der Waals surface area contributed by atoms with Crippen LogP contribution in [0.2, 0.25) is 0 Å². The molecule has 5 rings (SSSR count). The predicted molar refractivity (Wildman–Crippen MR) is 149 cm³/mol. The van der Waals surface area contributed by atoms with E-state index in [1.165, 1.54) is 6.07 Å². The lowest BCUT2D eigenvalue weighted by Crippen LogP contribution is -2.10. The van der Waals surface area contributed by atoms with Crippen molar-refractivity contribution in [3.05, 3.63) is 107 Å². The Morgan fingerprint density at radius 1 is 0.974 bits per heavy atom. The molecule has 0 fully saturated rings. The lowest BCUT2D eigenvalue weighted by molar-refractivity contribution is 0.0697. The molecular weight excluding hydrogens is 474 g/mol. The van der Waals surface area contributed by atoms with Crippen molar-refractivity contribution in [1.82, 2.24) is 15.0 Å². The number of aromatic nitrogens is 3. The molecule has 6 heteroatoms. The van der Waals surface area contributed by atoms with Crippen molar-refractivity contribution in [2.75, 3.05) is 0 Å². The highest BCUT2D eigenvalue weighted by Gasteiger charge is 2.22. The van der Waals surface area contributed by atoms with Crippen LogP contribution in [0.15, 0.2) is 85.2 Å². The fraction of sp³-hybridized carbons (Fsp3) is 0.188. The van der Waals surface area contributed by atoms with Gasteiger partial charge in [-0.2, -0.15) is 0 Å². The Hall–Kier alpha value is -4.58. The SMILES string of the molecule is CCC[C@@H](CC(=O)c1ccc(-c2c(C)cccc2-c2nc3ccncc3[nH]2)c(C(=O)O)c1)c1ccccc1. The molecule has 0 radical (unpaired) electrons. The molecule has 0 amide bonds. The molecule has 0 bridgehead atoms. The highest BCUT2D eigenvalue weighted by Crippen LogP contribution is 2.37. The summed E-state index contributed by atoms with van der Waals surface area (Å²) in [6.45, 7) is 4.05. The third-order valence-electron chi connectivity index (χ3n) is 6.99. The van der Waals surface area contributed by atoms with Gasteiger partial charge in [-0.25, -0.2) is 9.78 Å². The Morgan fingerprint density at radius 2 is 1.79 bits per heavy atom. The van der Waals surface area contributed by atoms with Crippen molar-refractivity contribution in [2.45, 2.75) is 39.0 Å². The van der Waals surface area contributed by atoms with Gasteiger partial charge in [0.15, 0.2) is 5.78 Å². The Morgan fingerprint density at radius 3 is 2.53 bits per heavy atom. The van der Waals surface area contributed by atoms with Crippen LogP contribution in [0.25, 0.3) is 33.5 Å². The summed E-state index contributed by atoms with van der Waals surface area (Å²) in [5.74, 6) is -0.414. The normalized spacial score (nSPS) is 11.9. The maximum atomic E-state index is 13.4. The van der Waals surface area contributed by atoms with E-state index >= 15 is 0 Å². The zero-order valence-electron chi connectivity index (χ0n) is 21.4. The number of imidazole rings is 1. The molecule has 0 aliphatic rings. The Labute approximate surface area is 221 Å². The van der Waals surface area contributed by atoms with Gasteiger partial charge in [-0.15, -0.1) is 0 Å². The Kier molecular flexibility index (Phi) is 7.13. The maximum absolute atomic E-state index is 13.4. The van der Waals surface area contributed by atoms with Crippen LogP contribution in [0.5, 0.6) is 0 Å². The number of nitrogens with zero attached hydrogens (tertiary/aromatic N) is 2. The number of H-pyrrole nitrogens is 1. The third-order valence-corrected chi connectivity index (χ3v) is 6.99. The molecule has 0 saturated heterocycles. The van der Waals surface area contributed by atoms with E-state index in [1.807, 2.05) is 61.5 Å². The van der Waals surface area contributed by atoms with E-state index in [-0.39, 0.29) is 17.3 Å². The van der Waals surface area contributed by atoms with Gasteiger partial charge in [0, 0.05) is 23.7 Å². The maximum Gasteiger partial charge on any atom is 0.336 e. The topological polar surface area (TPSA) is 95.9 Å². The molecule has 2 heterocycles. The number of hydrogen-bond acceptors (Lipinski definition) is 4. The highest BCUT2D eigenvalue weighted by atomic mass is 16.4. The second-order valence-corrected chi connectivity index (χ2v) is 9.56. The van der Waals surface area contributed by atoms with Crippen LogP contribution in [0.4, 0.5) is 0 Å². The predicted octanol–water partition coefficient (Wildman–Crippen LogP) is 7.46. The zero-order valence-corrected chi connectivity index (χ0v) is 21.4. The molecule has 1 atom stereocenters. The summed E-state index contributed by atoms with van der Waals surface area (Å²) < 4.78 is 0. The number of carboxylic acids is 1. The summed E-state index contributed by atoms with van der Waals surface area (Å²) in [4.78, 5) is 38.0. The third kappa shape index (κ3) is 4.98. The number of Topliss-reactive ketones (excluding diaryl/α,β-unsaturated/α-hetero) is 1. The number of nitrogens with one attached hydrogen (secondary N) is 1. The molecule has 0 aliphatic carbocycles. The molecule has 2 aromatic heterocycles. The van der Waals surface area contributed by atoms with Gasteiger partial charge < -0.3 is 10.1 Å². The van der Waals surface area contributed by atoms with E-state index in [1.54, 1.807) is 24.5 Å². The van der Waals surface area contributed by atoms with Crippen molar-refractivity contribution in [2.24, 2.45) is 0 Å². The molecule has 0 saturated carbocycles. The van der Waals surface area contributed by atoms with Crippen LogP contribution in [-0.2, 0) is 0 Å². The van der Waals surface area contributed by atoms with Gasteiger partial charge in [-0.05, 0) is 53.6 Å². The van der Waals surface area contributed by atoms with Gasteiger partial charge in [0.25, 0.3) is 0 Å². The Bertz CT molecular complexity index is 1590. The summed E-state index contributed by atoms with van der Waals surface area (Å²) in [7, 11) is 0. The van der Waals surface area contributed by atoms with Gasteiger partial charge in [-0.3, -0.25) is 9.78 Å². The number of ketones is 1. The van der Waals surface area contributed by atoms with Crippen LogP contribution in [0.3, 0.4) is 0 Å². The fourth-order valence-electron chi connectivity index (χ4n) is 5.12. The molecule has 0 unspecified atom stereocenters. The van der Waals surface area contributed by atoms with E-state index in [0.29, 0.717) is 23.4 Å².